The highest BCUT2D eigenvalue weighted by Crippen LogP contribution is 2.22. The van der Waals surface area contributed by atoms with Gasteiger partial charge in [-0.1, -0.05) is 12.1 Å². The van der Waals surface area contributed by atoms with Crippen molar-refractivity contribution in [2.75, 3.05) is 6.54 Å². The average Bonchev–Trinajstić information content (AvgIpc) is 3.17. The van der Waals surface area contributed by atoms with Gasteiger partial charge in [0.15, 0.2) is 5.78 Å². The van der Waals surface area contributed by atoms with Crippen molar-refractivity contribution >= 4 is 33.2 Å². The van der Waals surface area contributed by atoms with Crippen LogP contribution < -0.4 is 5.32 Å². The molecule has 118 valence electrons. The van der Waals surface area contributed by atoms with Gasteiger partial charge in [0.25, 0.3) is 5.91 Å². The third-order valence-corrected chi connectivity index (χ3v) is 4.62. The molecular formula is C17H17N3O2S. The van der Waals surface area contributed by atoms with Crippen molar-refractivity contribution in [1.82, 2.24) is 15.3 Å². The predicted octanol–water partition coefficient (Wildman–Crippen LogP) is 3.19. The van der Waals surface area contributed by atoms with Gasteiger partial charge >= 0.3 is 0 Å². The highest BCUT2D eigenvalue weighted by atomic mass is 32.1. The number of Topliss-reactive ketones (excluding diaryl/α,β-unsaturated/α-hetero) is 1. The van der Waals surface area contributed by atoms with E-state index in [9.17, 15) is 9.59 Å². The number of aromatic nitrogens is 2. The van der Waals surface area contributed by atoms with E-state index in [0.29, 0.717) is 17.8 Å². The van der Waals surface area contributed by atoms with Crippen molar-refractivity contribution in [1.29, 1.82) is 0 Å². The maximum atomic E-state index is 12.0. The second kappa shape index (κ2) is 6.75. The minimum Gasteiger partial charge on any atom is -0.356 e. The highest BCUT2D eigenvalue weighted by Gasteiger charge is 2.10. The van der Waals surface area contributed by atoms with Gasteiger partial charge in [-0.3, -0.25) is 9.59 Å². The molecule has 3 rings (SSSR count). The van der Waals surface area contributed by atoms with Gasteiger partial charge in [0.2, 0.25) is 0 Å². The fourth-order valence-corrected chi connectivity index (χ4v) is 3.30. The van der Waals surface area contributed by atoms with Crippen LogP contribution in [0.25, 0.3) is 10.2 Å². The molecule has 2 heterocycles. The summed E-state index contributed by atoms with van der Waals surface area (Å²) in [6.45, 7) is 2.05. The number of ketones is 1. The lowest BCUT2D eigenvalue weighted by atomic mass is 10.2. The number of hydrogen-bond donors (Lipinski definition) is 2. The molecule has 0 bridgehead atoms. The first-order chi connectivity index (χ1) is 11.1. The SMILES string of the molecule is CC(=O)c1c[nH]c(C(=O)NCCCc2nc3ccccc3s2)c1. The van der Waals surface area contributed by atoms with Crippen LogP contribution >= 0.6 is 11.3 Å². The van der Waals surface area contributed by atoms with Gasteiger partial charge in [-0.15, -0.1) is 11.3 Å². The molecule has 2 N–H and O–H groups in total. The molecule has 0 saturated heterocycles. The Morgan fingerprint density at radius 1 is 1.30 bits per heavy atom. The van der Waals surface area contributed by atoms with E-state index >= 15 is 0 Å². The van der Waals surface area contributed by atoms with Gasteiger partial charge in [-0.2, -0.15) is 0 Å². The zero-order chi connectivity index (χ0) is 16.2. The normalized spacial score (nSPS) is 10.8. The molecular weight excluding hydrogens is 310 g/mol. The van der Waals surface area contributed by atoms with Crippen molar-refractivity contribution in [3.8, 4) is 0 Å². The van der Waals surface area contributed by atoms with Crippen LogP contribution in [-0.4, -0.2) is 28.2 Å². The standard InChI is InChI=1S/C17H17N3O2S/c1-11(21)12-9-14(19-10-12)17(22)18-8-4-7-16-20-13-5-2-3-6-15(13)23-16/h2-3,5-6,9-10,19H,4,7-8H2,1H3,(H,18,22). The number of fused-ring (bicyclic) bond motifs is 1. The lowest BCUT2D eigenvalue weighted by Gasteiger charge is -2.02. The second-order valence-electron chi connectivity index (χ2n) is 5.29. The first-order valence-electron chi connectivity index (χ1n) is 7.45. The van der Waals surface area contributed by atoms with Crippen molar-refractivity contribution < 1.29 is 9.59 Å². The number of benzene rings is 1. The first kappa shape index (κ1) is 15.4. The predicted molar refractivity (Wildman–Crippen MR) is 91.1 cm³/mol. The number of para-hydroxylation sites is 1. The topological polar surface area (TPSA) is 74.8 Å². The summed E-state index contributed by atoms with van der Waals surface area (Å²) in [4.78, 5) is 30.6. The van der Waals surface area contributed by atoms with Crippen LogP contribution in [-0.2, 0) is 6.42 Å². The summed E-state index contributed by atoms with van der Waals surface area (Å²) in [6, 6.07) is 9.64. The van der Waals surface area contributed by atoms with Crippen molar-refractivity contribution in [2.24, 2.45) is 0 Å². The van der Waals surface area contributed by atoms with E-state index < -0.39 is 0 Å². The van der Waals surface area contributed by atoms with Crippen LogP contribution in [0.3, 0.4) is 0 Å². The number of nitrogens with one attached hydrogen (secondary N) is 2. The maximum absolute atomic E-state index is 12.0. The molecule has 0 saturated carbocycles. The van der Waals surface area contributed by atoms with E-state index in [-0.39, 0.29) is 11.7 Å². The molecule has 0 aliphatic rings. The Bertz CT molecular complexity index is 817. The Labute approximate surface area is 137 Å². The number of aryl methyl sites for hydroxylation is 1. The van der Waals surface area contributed by atoms with Crippen LogP contribution in [0.1, 0.15) is 39.2 Å². The molecule has 0 fully saturated rings. The summed E-state index contributed by atoms with van der Waals surface area (Å²) in [7, 11) is 0. The van der Waals surface area contributed by atoms with Crippen LogP contribution in [0.4, 0.5) is 0 Å². The van der Waals surface area contributed by atoms with E-state index in [1.807, 2.05) is 18.2 Å². The van der Waals surface area contributed by atoms with E-state index in [1.165, 1.54) is 11.6 Å². The molecule has 3 aromatic rings. The van der Waals surface area contributed by atoms with Gasteiger partial charge in [0, 0.05) is 24.7 Å². The fourth-order valence-electron chi connectivity index (χ4n) is 2.29. The van der Waals surface area contributed by atoms with Crippen LogP contribution in [0.2, 0.25) is 0 Å². The Morgan fingerprint density at radius 3 is 2.87 bits per heavy atom. The molecule has 0 unspecified atom stereocenters. The Morgan fingerprint density at radius 2 is 2.13 bits per heavy atom. The molecule has 0 aliphatic heterocycles. The summed E-state index contributed by atoms with van der Waals surface area (Å²) in [5, 5.41) is 3.93. The lowest BCUT2D eigenvalue weighted by molar-refractivity contribution is 0.0948. The molecule has 1 aromatic carbocycles. The highest BCUT2D eigenvalue weighted by molar-refractivity contribution is 7.18. The quantitative estimate of drug-likeness (QED) is 0.539. The number of aromatic amines is 1. The molecule has 6 heteroatoms. The summed E-state index contributed by atoms with van der Waals surface area (Å²) in [5.41, 5.74) is 1.96. The lowest BCUT2D eigenvalue weighted by Crippen LogP contribution is -2.25. The number of H-pyrrole nitrogens is 1. The monoisotopic (exact) mass is 327 g/mol. The largest absolute Gasteiger partial charge is 0.356 e. The van der Waals surface area contributed by atoms with Crippen molar-refractivity contribution in [3.05, 3.63) is 52.8 Å². The van der Waals surface area contributed by atoms with Gasteiger partial charge < -0.3 is 10.3 Å². The second-order valence-corrected chi connectivity index (χ2v) is 6.41. The number of thiazole rings is 1. The molecule has 1 amide bonds. The zero-order valence-electron chi connectivity index (χ0n) is 12.8. The fraction of sp³-hybridized carbons (Fsp3) is 0.235. The number of carbonyl (C=O) groups excluding carboxylic acids is 2. The maximum Gasteiger partial charge on any atom is 0.267 e. The van der Waals surface area contributed by atoms with Gasteiger partial charge in [-0.05, 0) is 31.5 Å². The molecule has 0 atom stereocenters. The molecule has 5 nitrogen and oxygen atoms in total. The molecule has 0 aliphatic carbocycles. The first-order valence-corrected chi connectivity index (χ1v) is 8.27. The minimum atomic E-state index is -0.193. The summed E-state index contributed by atoms with van der Waals surface area (Å²) >= 11 is 1.69. The molecule has 2 aromatic heterocycles. The van der Waals surface area contributed by atoms with Crippen LogP contribution in [0.15, 0.2) is 36.5 Å². The van der Waals surface area contributed by atoms with Crippen LogP contribution in [0, 0.1) is 0 Å². The summed E-state index contributed by atoms with van der Waals surface area (Å²) in [6.07, 6.45) is 3.22. The van der Waals surface area contributed by atoms with E-state index in [2.05, 4.69) is 21.4 Å². The smallest absolute Gasteiger partial charge is 0.267 e. The molecule has 23 heavy (non-hydrogen) atoms. The van der Waals surface area contributed by atoms with Crippen molar-refractivity contribution in [3.63, 3.8) is 0 Å². The Kier molecular flexibility index (Phi) is 4.52. The summed E-state index contributed by atoms with van der Waals surface area (Å²) in [5.74, 6) is -0.252. The zero-order valence-corrected chi connectivity index (χ0v) is 13.6. The number of amides is 1. The van der Waals surface area contributed by atoms with E-state index in [4.69, 9.17) is 0 Å². The van der Waals surface area contributed by atoms with Gasteiger partial charge in [0.05, 0.1) is 15.2 Å². The van der Waals surface area contributed by atoms with Crippen LogP contribution in [0.5, 0.6) is 0 Å². The third kappa shape index (κ3) is 3.65. The number of rotatable bonds is 6. The minimum absolute atomic E-state index is 0.0591. The third-order valence-electron chi connectivity index (χ3n) is 3.53. The van der Waals surface area contributed by atoms with E-state index in [1.54, 1.807) is 23.6 Å². The van der Waals surface area contributed by atoms with E-state index in [0.717, 1.165) is 23.4 Å². The van der Waals surface area contributed by atoms with Gasteiger partial charge in [0.1, 0.15) is 5.69 Å². The number of carbonyl (C=O) groups is 2. The molecule has 0 spiro atoms. The van der Waals surface area contributed by atoms with Crippen molar-refractivity contribution in [2.45, 2.75) is 19.8 Å². The molecule has 0 radical (unpaired) electrons. The van der Waals surface area contributed by atoms with Gasteiger partial charge in [-0.25, -0.2) is 4.98 Å². The Hall–Kier alpha value is -2.47. The average molecular weight is 327 g/mol. The number of hydrogen-bond acceptors (Lipinski definition) is 4. The summed E-state index contributed by atoms with van der Waals surface area (Å²) < 4.78 is 1.19. The Balaban J connectivity index is 1.49. The number of nitrogens with zero attached hydrogens (tertiary/aromatic N) is 1.